The molecule has 0 heterocycles. The number of nitriles is 1. The number of hydrogen-bond donors (Lipinski definition) is 2. The van der Waals surface area contributed by atoms with Gasteiger partial charge in [0.25, 0.3) is 5.69 Å². The first kappa shape index (κ1) is 14.0. The van der Waals surface area contributed by atoms with E-state index in [4.69, 9.17) is 10.4 Å². The molecule has 0 saturated carbocycles. The maximum atomic E-state index is 10.7. The molecular formula is C14H9N3O4. The van der Waals surface area contributed by atoms with Crippen molar-refractivity contribution in [3.63, 3.8) is 0 Å². The van der Waals surface area contributed by atoms with Gasteiger partial charge in [0.1, 0.15) is 11.6 Å². The summed E-state index contributed by atoms with van der Waals surface area (Å²) in [6.45, 7) is 0. The van der Waals surface area contributed by atoms with E-state index in [2.05, 4.69) is 5.32 Å². The van der Waals surface area contributed by atoms with Gasteiger partial charge in [-0.2, -0.15) is 5.26 Å². The summed E-state index contributed by atoms with van der Waals surface area (Å²) in [5.74, 6) is -1.02. The Balaban J connectivity index is 2.26. The lowest BCUT2D eigenvalue weighted by Crippen LogP contribution is -1.97. The molecule has 0 spiro atoms. The van der Waals surface area contributed by atoms with E-state index in [9.17, 15) is 14.9 Å². The molecule has 2 N–H and O–H groups in total. The molecular weight excluding hydrogens is 274 g/mol. The molecule has 7 heteroatoms. The highest BCUT2D eigenvalue weighted by atomic mass is 16.6. The first-order valence-electron chi connectivity index (χ1n) is 5.80. The molecule has 21 heavy (non-hydrogen) atoms. The Morgan fingerprint density at radius 2 is 1.81 bits per heavy atom. The van der Waals surface area contributed by atoms with Gasteiger partial charge >= 0.3 is 5.97 Å². The van der Waals surface area contributed by atoms with Crippen LogP contribution in [0.4, 0.5) is 17.1 Å². The Kier molecular flexibility index (Phi) is 3.81. The second kappa shape index (κ2) is 5.71. The molecule has 2 aromatic rings. The van der Waals surface area contributed by atoms with Crippen molar-refractivity contribution in [2.45, 2.75) is 0 Å². The van der Waals surface area contributed by atoms with Gasteiger partial charge in [-0.15, -0.1) is 0 Å². The van der Waals surface area contributed by atoms with E-state index in [1.54, 1.807) is 18.2 Å². The lowest BCUT2D eigenvalue weighted by molar-refractivity contribution is -0.385. The topological polar surface area (TPSA) is 116 Å². The molecule has 7 nitrogen and oxygen atoms in total. The number of carboxylic acid groups (broad SMARTS) is 1. The van der Waals surface area contributed by atoms with Crippen molar-refractivity contribution < 1.29 is 14.8 Å². The number of aromatic carboxylic acids is 1. The maximum Gasteiger partial charge on any atom is 0.335 e. The smallest absolute Gasteiger partial charge is 0.335 e. The summed E-state index contributed by atoms with van der Waals surface area (Å²) in [5.41, 5.74) is 0.955. The van der Waals surface area contributed by atoms with Crippen LogP contribution in [0.3, 0.4) is 0 Å². The summed E-state index contributed by atoms with van der Waals surface area (Å²) in [5, 5.41) is 31.4. The molecule has 0 radical (unpaired) electrons. The largest absolute Gasteiger partial charge is 0.478 e. The Hall–Kier alpha value is -3.40. The van der Waals surface area contributed by atoms with Crippen molar-refractivity contribution in [3.05, 3.63) is 63.7 Å². The minimum absolute atomic E-state index is 0.0489. The van der Waals surface area contributed by atoms with E-state index in [-0.39, 0.29) is 16.8 Å². The third-order valence-electron chi connectivity index (χ3n) is 2.73. The SMILES string of the molecule is N#Cc1cc(Nc2ccc(C(=O)O)cc2)ccc1[N+](=O)[O-]. The van der Waals surface area contributed by atoms with Crippen LogP contribution >= 0.6 is 0 Å². The van der Waals surface area contributed by atoms with Crippen molar-refractivity contribution in [3.8, 4) is 6.07 Å². The molecule has 0 fully saturated rings. The maximum absolute atomic E-state index is 10.7. The van der Waals surface area contributed by atoms with Gasteiger partial charge < -0.3 is 10.4 Å². The molecule has 0 atom stereocenters. The van der Waals surface area contributed by atoms with Crippen LogP contribution in [-0.2, 0) is 0 Å². The van der Waals surface area contributed by atoms with Gasteiger partial charge in [-0.05, 0) is 36.4 Å². The number of nitro benzene ring substituents is 1. The van der Waals surface area contributed by atoms with Crippen LogP contribution in [0.15, 0.2) is 42.5 Å². The Bertz CT molecular complexity index is 748. The van der Waals surface area contributed by atoms with Crippen molar-refractivity contribution in [2.24, 2.45) is 0 Å². The fourth-order valence-electron chi connectivity index (χ4n) is 1.73. The average Bonchev–Trinajstić information content (AvgIpc) is 2.47. The second-order valence-electron chi connectivity index (χ2n) is 4.11. The second-order valence-corrected chi connectivity index (χ2v) is 4.11. The zero-order chi connectivity index (χ0) is 15.4. The molecule has 0 bridgehead atoms. The van der Waals surface area contributed by atoms with Gasteiger partial charge in [0.05, 0.1) is 10.5 Å². The number of nitrogens with zero attached hydrogens (tertiary/aromatic N) is 2. The highest BCUT2D eigenvalue weighted by molar-refractivity contribution is 5.88. The molecule has 0 aliphatic carbocycles. The van der Waals surface area contributed by atoms with Crippen LogP contribution in [0.1, 0.15) is 15.9 Å². The fraction of sp³-hybridized carbons (Fsp3) is 0. The predicted octanol–water partition coefficient (Wildman–Crippen LogP) is 2.91. The van der Waals surface area contributed by atoms with Gasteiger partial charge in [-0.3, -0.25) is 10.1 Å². The first-order chi connectivity index (χ1) is 10.0. The summed E-state index contributed by atoms with van der Waals surface area (Å²) < 4.78 is 0. The average molecular weight is 283 g/mol. The van der Waals surface area contributed by atoms with E-state index >= 15 is 0 Å². The number of carbonyl (C=O) groups is 1. The number of hydrogen-bond acceptors (Lipinski definition) is 5. The quantitative estimate of drug-likeness (QED) is 0.658. The zero-order valence-corrected chi connectivity index (χ0v) is 10.6. The lowest BCUT2D eigenvalue weighted by atomic mass is 10.1. The molecule has 0 aliphatic heterocycles. The third kappa shape index (κ3) is 3.13. The molecule has 2 rings (SSSR count). The minimum atomic E-state index is -1.02. The van der Waals surface area contributed by atoms with Crippen molar-refractivity contribution in [1.82, 2.24) is 0 Å². The van der Waals surface area contributed by atoms with Gasteiger partial charge in [0.15, 0.2) is 0 Å². The molecule has 0 amide bonds. The number of nitro groups is 1. The van der Waals surface area contributed by atoms with E-state index in [0.717, 1.165) is 0 Å². The molecule has 0 aliphatic rings. The van der Waals surface area contributed by atoms with Gasteiger partial charge in [0, 0.05) is 17.4 Å². The van der Waals surface area contributed by atoms with Crippen molar-refractivity contribution in [1.29, 1.82) is 5.26 Å². The number of nitrogens with one attached hydrogen (secondary N) is 1. The summed E-state index contributed by atoms with van der Waals surface area (Å²) in [6, 6.07) is 11.8. The van der Waals surface area contributed by atoms with Crippen molar-refractivity contribution >= 4 is 23.0 Å². The first-order valence-corrected chi connectivity index (χ1v) is 5.80. The van der Waals surface area contributed by atoms with Crippen LogP contribution in [0, 0.1) is 21.4 Å². The number of carboxylic acids is 1. The van der Waals surface area contributed by atoms with Gasteiger partial charge in [-0.1, -0.05) is 0 Å². The standard InChI is InChI=1S/C14H9N3O4/c15-8-10-7-12(5-6-13(10)17(20)21)16-11-3-1-9(2-4-11)14(18)19/h1-7,16H,(H,18,19). The summed E-state index contributed by atoms with van der Waals surface area (Å²) >= 11 is 0. The van der Waals surface area contributed by atoms with E-state index in [1.165, 1.54) is 30.3 Å². The van der Waals surface area contributed by atoms with Crippen LogP contribution < -0.4 is 5.32 Å². The van der Waals surface area contributed by atoms with Crippen molar-refractivity contribution in [2.75, 3.05) is 5.32 Å². The monoisotopic (exact) mass is 283 g/mol. The van der Waals surface area contributed by atoms with Crippen LogP contribution in [0.25, 0.3) is 0 Å². The molecule has 0 aromatic heterocycles. The number of rotatable bonds is 4. The Morgan fingerprint density at radius 3 is 2.33 bits per heavy atom. The zero-order valence-electron chi connectivity index (χ0n) is 10.6. The Morgan fingerprint density at radius 1 is 1.19 bits per heavy atom. The highest BCUT2D eigenvalue weighted by Gasteiger charge is 2.13. The third-order valence-corrected chi connectivity index (χ3v) is 2.73. The number of benzene rings is 2. The minimum Gasteiger partial charge on any atom is -0.478 e. The number of anilines is 2. The molecule has 0 saturated heterocycles. The van der Waals surface area contributed by atoms with E-state index < -0.39 is 10.9 Å². The molecule has 104 valence electrons. The summed E-state index contributed by atoms with van der Waals surface area (Å²) in [4.78, 5) is 20.8. The molecule has 2 aromatic carbocycles. The van der Waals surface area contributed by atoms with Gasteiger partial charge in [0.2, 0.25) is 0 Å². The van der Waals surface area contributed by atoms with E-state index in [1.807, 2.05) is 0 Å². The van der Waals surface area contributed by atoms with Gasteiger partial charge in [-0.25, -0.2) is 4.79 Å². The highest BCUT2D eigenvalue weighted by Crippen LogP contribution is 2.24. The lowest BCUT2D eigenvalue weighted by Gasteiger charge is -2.07. The van der Waals surface area contributed by atoms with Crippen LogP contribution in [0.5, 0.6) is 0 Å². The fourth-order valence-corrected chi connectivity index (χ4v) is 1.73. The Labute approximate surface area is 119 Å². The predicted molar refractivity (Wildman–Crippen MR) is 74.5 cm³/mol. The van der Waals surface area contributed by atoms with Crippen LogP contribution in [-0.4, -0.2) is 16.0 Å². The summed E-state index contributed by atoms with van der Waals surface area (Å²) in [7, 11) is 0. The van der Waals surface area contributed by atoms with E-state index in [0.29, 0.717) is 11.4 Å². The van der Waals surface area contributed by atoms with Crippen LogP contribution in [0.2, 0.25) is 0 Å². The summed E-state index contributed by atoms with van der Waals surface area (Å²) in [6.07, 6.45) is 0. The normalized spacial score (nSPS) is 9.67. The molecule has 0 unspecified atom stereocenters.